The highest BCUT2D eigenvalue weighted by molar-refractivity contribution is 5.92. The molecule has 20 heavy (non-hydrogen) atoms. The molecule has 0 aliphatic heterocycles. The zero-order valence-electron chi connectivity index (χ0n) is 11.1. The minimum atomic E-state index is -0.197. The number of pyridine rings is 1. The first-order valence-electron chi connectivity index (χ1n) is 6.06. The first-order valence-corrected chi connectivity index (χ1v) is 6.06. The highest BCUT2D eigenvalue weighted by atomic mass is 16.2. The minimum Gasteiger partial charge on any atom is -0.399 e. The second-order valence-electron chi connectivity index (χ2n) is 4.45. The summed E-state index contributed by atoms with van der Waals surface area (Å²) >= 11 is 0. The molecule has 1 amide bonds. The standard InChI is InChI=1S/C15H14N4O/c1-19(10-11-3-2-4-13(17)7-11)15(20)14-6-5-12(8-16)9-18-14/h2-7,9H,10,17H2,1H3. The lowest BCUT2D eigenvalue weighted by atomic mass is 10.2. The second kappa shape index (κ2) is 5.85. The summed E-state index contributed by atoms with van der Waals surface area (Å²) in [6, 6.07) is 12.5. The van der Waals surface area contributed by atoms with Gasteiger partial charge in [0.25, 0.3) is 5.91 Å². The van der Waals surface area contributed by atoms with Crippen LogP contribution in [0.25, 0.3) is 0 Å². The van der Waals surface area contributed by atoms with E-state index < -0.39 is 0 Å². The van der Waals surface area contributed by atoms with Crippen LogP contribution in [0.15, 0.2) is 42.6 Å². The number of nitriles is 1. The predicted octanol–water partition coefficient (Wildman–Crippen LogP) is 1.81. The maximum atomic E-state index is 12.2. The molecular formula is C15H14N4O. The number of carbonyl (C=O) groups is 1. The Morgan fingerprint density at radius 1 is 1.40 bits per heavy atom. The summed E-state index contributed by atoms with van der Waals surface area (Å²) in [6.45, 7) is 0.450. The van der Waals surface area contributed by atoms with E-state index in [0.29, 0.717) is 23.5 Å². The van der Waals surface area contributed by atoms with Crippen molar-refractivity contribution < 1.29 is 4.79 Å². The smallest absolute Gasteiger partial charge is 0.272 e. The third-order valence-electron chi connectivity index (χ3n) is 2.83. The molecule has 0 spiro atoms. The third kappa shape index (κ3) is 3.12. The van der Waals surface area contributed by atoms with E-state index >= 15 is 0 Å². The summed E-state index contributed by atoms with van der Waals surface area (Å²) in [5, 5.41) is 8.70. The van der Waals surface area contributed by atoms with Crippen LogP contribution in [-0.2, 0) is 6.54 Å². The Hall–Kier alpha value is -2.87. The van der Waals surface area contributed by atoms with Gasteiger partial charge in [-0.25, -0.2) is 4.98 Å². The molecule has 0 fully saturated rings. The Morgan fingerprint density at radius 2 is 2.20 bits per heavy atom. The average molecular weight is 266 g/mol. The van der Waals surface area contributed by atoms with Gasteiger partial charge < -0.3 is 10.6 Å². The first kappa shape index (κ1) is 13.6. The van der Waals surface area contributed by atoms with Crippen LogP contribution >= 0.6 is 0 Å². The number of nitrogens with two attached hydrogens (primary N) is 1. The molecule has 0 aliphatic rings. The van der Waals surface area contributed by atoms with Crippen LogP contribution in [-0.4, -0.2) is 22.8 Å². The van der Waals surface area contributed by atoms with Crippen molar-refractivity contribution in [1.82, 2.24) is 9.88 Å². The molecule has 0 saturated carbocycles. The monoisotopic (exact) mass is 266 g/mol. The molecule has 5 nitrogen and oxygen atoms in total. The van der Waals surface area contributed by atoms with Gasteiger partial charge in [0, 0.05) is 25.5 Å². The lowest BCUT2D eigenvalue weighted by molar-refractivity contribution is 0.0779. The van der Waals surface area contributed by atoms with Crippen molar-refractivity contribution >= 4 is 11.6 Å². The van der Waals surface area contributed by atoms with Gasteiger partial charge in [-0.1, -0.05) is 12.1 Å². The van der Waals surface area contributed by atoms with Crippen molar-refractivity contribution in [3.63, 3.8) is 0 Å². The molecule has 0 atom stereocenters. The van der Waals surface area contributed by atoms with Gasteiger partial charge in [-0.2, -0.15) is 5.26 Å². The fourth-order valence-electron chi connectivity index (χ4n) is 1.82. The van der Waals surface area contributed by atoms with Gasteiger partial charge in [0.1, 0.15) is 11.8 Å². The number of hydrogen-bond donors (Lipinski definition) is 1. The highest BCUT2D eigenvalue weighted by Crippen LogP contribution is 2.10. The summed E-state index contributed by atoms with van der Waals surface area (Å²) in [5.74, 6) is -0.197. The maximum absolute atomic E-state index is 12.2. The fraction of sp³-hybridized carbons (Fsp3) is 0.133. The SMILES string of the molecule is CN(Cc1cccc(N)c1)C(=O)c1ccc(C#N)cn1. The Balaban J connectivity index is 2.10. The van der Waals surface area contributed by atoms with Gasteiger partial charge in [0.15, 0.2) is 0 Å². The summed E-state index contributed by atoms with van der Waals surface area (Å²) in [5.41, 5.74) is 8.07. The van der Waals surface area contributed by atoms with E-state index in [1.54, 1.807) is 30.1 Å². The lowest BCUT2D eigenvalue weighted by Gasteiger charge is -2.17. The number of nitrogen functional groups attached to an aromatic ring is 1. The quantitative estimate of drug-likeness (QED) is 0.859. The van der Waals surface area contributed by atoms with Crippen molar-refractivity contribution in [2.75, 3.05) is 12.8 Å². The third-order valence-corrected chi connectivity index (χ3v) is 2.83. The van der Waals surface area contributed by atoms with Gasteiger partial charge in [0.2, 0.25) is 0 Å². The number of nitrogens with zero attached hydrogens (tertiary/aromatic N) is 3. The van der Waals surface area contributed by atoms with Crippen molar-refractivity contribution in [3.05, 3.63) is 59.4 Å². The summed E-state index contributed by atoms with van der Waals surface area (Å²) in [4.78, 5) is 17.7. The summed E-state index contributed by atoms with van der Waals surface area (Å²) in [6.07, 6.45) is 1.39. The van der Waals surface area contributed by atoms with Gasteiger partial charge in [-0.05, 0) is 29.8 Å². The fourth-order valence-corrected chi connectivity index (χ4v) is 1.82. The van der Waals surface area contributed by atoms with Gasteiger partial charge >= 0.3 is 0 Å². The van der Waals surface area contributed by atoms with Crippen LogP contribution in [0.3, 0.4) is 0 Å². The number of carbonyl (C=O) groups excluding carboxylic acids is 1. The van der Waals surface area contributed by atoms with Crippen LogP contribution < -0.4 is 5.73 Å². The molecule has 2 N–H and O–H groups in total. The lowest BCUT2D eigenvalue weighted by Crippen LogP contribution is -2.27. The van der Waals surface area contributed by atoms with E-state index in [0.717, 1.165) is 5.56 Å². The average Bonchev–Trinajstić information content (AvgIpc) is 2.46. The van der Waals surface area contributed by atoms with Crippen molar-refractivity contribution in [2.45, 2.75) is 6.54 Å². The van der Waals surface area contributed by atoms with E-state index in [1.807, 2.05) is 24.3 Å². The van der Waals surface area contributed by atoms with Gasteiger partial charge in [-0.15, -0.1) is 0 Å². The zero-order valence-corrected chi connectivity index (χ0v) is 11.1. The van der Waals surface area contributed by atoms with Gasteiger partial charge in [-0.3, -0.25) is 4.79 Å². The van der Waals surface area contributed by atoms with E-state index in [1.165, 1.54) is 6.20 Å². The number of amides is 1. The molecule has 2 rings (SSSR count). The number of hydrogen-bond acceptors (Lipinski definition) is 4. The minimum absolute atomic E-state index is 0.197. The highest BCUT2D eigenvalue weighted by Gasteiger charge is 2.13. The Bertz CT molecular complexity index is 658. The largest absolute Gasteiger partial charge is 0.399 e. The van der Waals surface area contributed by atoms with E-state index in [2.05, 4.69) is 4.98 Å². The first-order chi connectivity index (χ1) is 9.60. The van der Waals surface area contributed by atoms with Crippen LogP contribution in [0.5, 0.6) is 0 Å². The number of rotatable bonds is 3. The second-order valence-corrected chi connectivity index (χ2v) is 4.45. The summed E-state index contributed by atoms with van der Waals surface area (Å²) < 4.78 is 0. The van der Waals surface area contributed by atoms with Crippen molar-refractivity contribution in [2.24, 2.45) is 0 Å². The molecule has 1 aromatic carbocycles. The Morgan fingerprint density at radius 3 is 2.80 bits per heavy atom. The molecule has 1 heterocycles. The normalized spacial score (nSPS) is 9.80. The molecule has 0 saturated heterocycles. The molecule has 0 radical (unpaired) electrons. The van der Waals surface area contributed by atoms with Crippen LogP contribution in [0, 0.1) is 11.3 Å². The Labute approximate surface area is 117 Å². The van der Waals surface area contributed by atoms with Crippen molar-refractivity contribution in [3.8, 4) is 6.07 Å². The van der Waals surface area contributed by atoms with E-state index in [4.69, 9.17) is 11.0 Å². The summed E-state index contributed by atoms with van der Waals surface area (Å²) in [7, 11) is 1.70. The number of benzene rings is 1. The molecule has 0 unspecified atom stereocenters. The van der Waals surface area contributed by atoms with Crippen molar-refractivity contribution in [1.29, 1.82) is 5.26 Å². The van der Waals surface area contributed by atoms with Crippen LogP contribution in [0.4, 0.5) is 5.69 Å². The molecule has 1 aromatic heterocycles. The topological polar surface area (TPSA) is 83.0 Å². The Kier molecular flexibility index (Phi) is 3.96. The molecule has 2 aromatic rings. The van der Waals surface area contributed by atoms with Crippen LogP contribution in [0.2, 0.25) is 0 Å². The zero-order chi connectivity index (χ0) is 14.5. The molecular weight excluding hydrogens is 252 g/mol. The van der Waals surface area contributed by atoms with Crippen LogP contribution in [0.1, 0.15) is 21.6 Å². The molecule has 100 valence electrons. The van der Waals surface area contributed by atoms with Gasteiger partial charge in [0.05, 0.1) is 5.56 Å². The van der Waals surface area contributed by atoms with E-state index in [-0.39, 0.29) is 5.91 Å². The number of aromatic nitrogens is 1. The van der Waals surface area contributed by atoms with E-state index in [9.17, 15) is 4.79 Å². The number of anilines is 1. The molecule has 5 heteroatoms. The molecule has 0 aliphatic carbocycles. The maximum Gasteiger partial charge on any atom is 0.272 e. The molecule has 0 bridgehead atoms. The predicted molar refractivity (Wildman–Crippen MR) is 75.6 cm³/mol.